The van der Waals surface area contributed by atoms with Crippen molar-refractivity contribution in [3.05, 3.63) is 59.7 Å². The lowest BCUT2D eigenvalue weighted by atomic mass is 9.88. The molecule has 2 aliphatic rings. The summed E-state index contributed by atoms with van der Waals surface area (Å²) < 4.78 is 10.5. The van der Waals surface area contributed by atoms with E-state index < -0.39 is 11.8 Å². The zero-order valence-corrected chi connectivity index (χ0v) is 13.8. The molecule has 0 saturated carbocycles. The second-order valence-electron chi connectivity index (χ2n) is 6.09. The number of carbonyl (C=O) groups excluding carboxylic acids is 2. The Labute approximate surface area is 150 Å². The molecule has 1 saturated heterocycles. The Morgan fingerprint density at radius 2 is 1.96 bits per heavy atom. The van der Waals surface area contributed by atoms with E-state index >= 15 is 0 Å². The smallest absolute Gasteiger partial charge is 0.253 e. The van der Waals surface area contributed by atoms with Crippen LogP contribution in [0.4, 0.5) is 0 Å². The van der Waals surface area contributed by atoms with Crippen molar-refractivity contribution in [1.82, 2.24) is 10.7 Å². The topological polar surface area (TPSA) is 89.0 Å². The van der Waals surface area contributed by atoms with E-state index in [-0.39, 0.29) is 18.6 Å². The van der Waals surface area contributed by atoms with Crippen LogP contribution >= 0.6 is 0 Å². The molecule has 2 aromatic rings. The van der Waals surface area contributed by atoms with Crippen LogP contribution in [0.5, 0.6) is 11.5 Å². The van der Waals surface area contributed by atoms with Gasteiger partial charge >= 0.3 is 0 Å². The maximum absolute atomic E-state index is 12.5. The Hall–Kier alpha value is -3.35. The third kappa shape index (κ3) is 3.11. The summed E-state index contributed by atoms with van der Waals surface area (Å²) in [4.78, 5) is 24.6. The highest BCUT2D eigenvalue weighted by Crippen LogP contribution is 2.32. The summed E-state index contributed by atoms with van der Waals surface area (Å²) in [5, 5.41) is 6.73. The molecular formula is C19H17N3O4. The lowest BCUT2D eigenvalue weighted by Crippen LogP contribution is -2.34. The number of rotatable bonds is 4. The van der Waals surface area contributed by atoms with E-state index in [0.29, 0.717) is 18.0 Å². The van der Waals surface area contributed by atoms with Crippen molar-refractivity contribution in [2.45, 2.75) is 5.92 Å². The summed E-state index contributed by atoms with van der Waals surface area (Å²) in [5.74, 6) is -0.393. The highest BCUT2D eigenvalue weighted by molar-refractivity contribution is 6.03. The summed E-state index contributed by atoms with van der Waals surface area (Å²) in [6.07, 6.45) is 1.50. The lowest BCUT2D eigenvalue weighted by molar-refractivity contribution is -0.133. The van der Waals surface area contributed by atoms with Crippen molar-refractivity contribution < 1.29 is 19.1 Å². The number of hydrogen-bond acceptors (Lipinski definition) is 5. The van der Waals surface area contributed by atoms with Gasteiger partial charge in [0.15, 0.2) is 11.5 Å². The van der Waals surface area contributed by atoms with Gasteiger partial charge in [-0.05, 0) is 29.3 Å². The van der Waals surface area contributed by atoms with Gasteiger partial charge in [0.05, 0.1) is 6.21 Å². The van der Waals surface area contributed by atoms with E-state index in [1.54, 1.807) is 18.2 Å². The molecule has 7 nitrogen and oxygen atoms in total. The summed E-state index contributed by atoms with van der Waals surface area (Å²) in [7, 11) is 0. The fraction of sp³-hybridized carbons (Fsp3) is 0.211. The van der Waals surface area contributed by atoms with Crippen molar-refractivity contribution in [2.24, 2.45) is 11.0 Å². The Morgan fingerprint density at radius 1 is 1.15 bits per heavy atom. The largest absolute Gasteiger partial charge is 0.454 e. The van der Waals surface area contributed by atoms with Gasteiger partial charge in [-0.3, -0.25) is 9.59 Å². The Balaban J connectivity index is 1.44. The Morgan fingerprint density at radius 3 is 2.81 bits per heavy atom. The van der Waals surface area contributed by atoms with E-state index in [1.165, 1.54) is 6.21 Å². The van der Waals surface area contributed by atoms with Crippen molar-refractivity contribution in [3.63, 3.8) is 0 Å². The average molecular weight is 351 g/mol. The standard InChI is InChI=1S/C19H17N3O4/c23-18-17(14(10-20-18)13-4-2-1-3-5-13)19(24)22-21-9-12-6-7-15-16(8-12)26-11-25-15/h1-9,14,17H,10-11H2,(H,20,23)(H,22,24)/t14-,17+/m0/s1. The maximum Gasteiger partial charge on any atom is 0.253 e. The lowest BCUT2D eigenvalue weighted by Gasteiger charge is -2.15. The molecule has 4 rings (SSSR count). The normalized spacial score (nSPS) is 21.0. The van der Waals surface area contributed by atoms with Crippen molar-refractivity contribution in [1.29, 1.82) is 0 Å². The zero-order valence-electron chi connectivity index (χ0n) is 13.8. The predicted octanol–water partition coefficient (Wildman–Crippen LogP) is 1.40. The van der Waals surface area contributed by atoms with E-state index in [2.05, 4.69) is 15.8 Å². The SMILES string of the molecule is O=C1NC[C@@H](c2ccccc2)[C@H]1C(=O)NN=Cc1ccc2c(c1)OCO2. The third-order valence-electron chi connectivity index (χ3n) is 4.48. The van der Waals surface area contributed by atoms with Gasteiger partial charge < -0.3 is 14.8 Å². The molecule has 2 aromatic carbocycles. The number of nitrogens with zero attached hydrogens (tertiary/aromatic N) is 1. The van der Waals surface area contributed by atoms with Gasteiger partial charge in [-0.1, -0.05) is 30.3 Å². The quantitative estimate of drug-likeness (QED) is 0.495. The predicted molar refractivity (Wildman–Crippen MR) is 94.0 cm³/mol. The molecule has 0 aliphatic carbocycles. The monoisotopic (exact) mass is 351 g/mol. The summed E-state index contributed by atoms with van der Waals surface area (Å²) in [5.41, 5.74) is 4.17. The first kappa shape index (κ1) is 16.1. The zero-order chi connectivity index (χ0) is 17.9. The van der Waals surface area contributed by atoms with Crippen LogP contribution in [0, 0.1) is 5.92 Å². The Kier molecular flexibility index (Phi) is 4.27. The number of hydrogen-bond donors (Lipinski definition) is 2. The van der Waals surface area contributed by atoms with E-state index in [9.17, 15) is 9.59 Å². The first-order valence-electron chi connectivity index (χ1n) is 8.27. The molecule has 0 spiro atoms. The fourth-order valence-electron chi connectivity index (χ4n) is 3.17. The van der Waals surface area contributed by atoms with Crippen molar-refractivity contribution in [3.8, 4) is 11.5 Å². The number of nitrogens with one attached hydrogen (secondary N) is 2. The molecule has 2 amide bonds. The molecule has 0 aromatic heterocycles. The second-order valence-corrected chi connectivity index (χ2v) is 6.09. The highest BCUT2D eigenvalue weighted by Gasteiger charge is 2.40. The summed E-state index contributed by atoms with van der Waals surface area (Å²) in [6, 6.07) is 14.9. The highest BCUT2D eigenvalue weighted by atomic mass is 16.7. The molecule has 0 bridgehead atoms. The minimum Gasteiger partial charge on any atom is -0.454 e. The van der Waals surface area contributed by atoms with Crippen LogP contribution < -0.4 is 20.2 Å². The van der Waals surface area contributed by atoms with Crippen LogP contribution in [0.15, 0.2) is 53.6 Å². The van der Waals surface area contributed by atoms with Gasteiger partial charge in [0.25, 0.3) is 5.91 Å². The minimum absolute atomic E-state index is 0.199. The van der Waals surface area contributed by atoms with Gasteiger partial charge in [0, 0.05) is 12.5 Å². The maximum atomic E-state index is 12.5. The summed E-state index contributed by atoms with van der Waals surface area (Å²) in [6.45, 7) is 0.636. The van der Waals surface area contributed by atoms with E-state index in [0.717, 1.165) is 11.1 Å². The van der Waals surface area contributed by atoms with E-state index in [1.807, 2.05) is 30.3 Å². The number of hydrazone groups is 1. The van der Waals surface area contributed by atoms with Gasteiger partial charge in [-0.2, -0.15) is 5.10 Å². The number of ether oxygens (including phenoxy) is 2. The van der Waals surface area contributed by atoms with Crippen LogP contribution in [0.3, 0.4) is 0 Å². The molecule has 7 heteroatoms. The molecule has 2 aliphatic heterocycles. The molecule has 0 unspecified atom stereocenters. The van der Waals surface area contributed by atoms with Gasteiger partial charge in [-0.25, -0.2) is 5.43 Å². The molecular weight excluding hydrogens is 334 g/mol. The van der Waals surface area contributed by atoms with Gasteiger partial charge in [0.2, 0.25) is 12.7 Å². The molecule has 0 radical (unpaired) electrons. The van der Waals surface area contributed by atoms with Crippen LogP contribution in [-0.2, 0) is 9.59 Å². The first-order chi connectivity index (χ1) is 12.7. The molecule has 26 heavy (non-hydrogen) atoms. The van der Waals surface area contributed by atoms with Crippen LogP contribution in [0.25, 0.3) is 0 Å². The Bertz CT molecular complexity index is 866. The number of fused-ring (bicyclic) bond motifs is 1. The molecule has 2 heterocycles. The molecule has 2 N–H and O–H groups in total. The van der Waals surface area contributed by atoms with Crippen LogP contribution in [0.2, 0.25) is 0 Å². The second kappa shape index (κ2) is 6.87. The number of amides is 2. The van der Waals surface area contributed by atoms with E-state index in [4.69, 9.17) is 9.47 Å². The minimum atomic E-state index is -0.800. The number of benzene rings is 2. The van der Waals surface area contributed by atoms with Crippen molar-refractivity contribution in [2.75, 3.05) is 13.3 Å². The average Bonchev–Trinajstić information content (AvgIpc) is 3.28. The summed E-state index contributed by atoms with van der Waals surface area (Å²) >= 11 is 0. The fourth-order valence-corrected chi connectivity index (χ4v) is 3.17. The molecule has 1 fully saturated rings. The van der Waals surface area contributed by atoms with Crippen molar-refractivity contribution >= 4 is 18.0 Å². The molecule has 2 atom stereocenters. The van der Waals surface area contributed by atoms with Gasteiger partial charge in [0.1, 0.15) is 5.92 Å². The van der Waals surface area contributed by atoms with Crippen LogP contribution in [0.1, 0.15) is 17.0 Å². The van der Waals surface area contributed by atoms with Crippen LogP contribution in [-0.4, -0.2) is 31.4 Å². The van der Waals surface area contributed by atoms with Gasteiger partial charge in [-0.15, -0.1) is 0 Å². The molecule has 132 valence electrons. The number of carbonyl (C=O) groups is 2. The first-order valence-corrected chi connectivity index (χ1v) is 8.27. The third-order valence-corrected chi connectivity index (χ3v) is 4.48.